The highest BCUT2D eigenvalue weighted by Crippen LogP contribution is 2.21. The van der Waals surface area contributed by atoms with Gasteiger partial charge < -0.3 is 5.32 Å². The minimum atomic E-state index is 0.575. The molecule has 1 aliphatic rings. The number of nitrogens with one attached hydrogen (secondary N) is 1. The zero-order valence-electron chi connectivity index (χ0n) is 9.35. The molecule has 2 aromatic rings. The predicted octanol–water partition coefficient (Wildman–Crippen LogP) is 0.764. The van der Waals surface area contributed by atoms with Crippen molar-refractivity contribution in [3.63, 3.8) is 0 Å². The van der Waals surface area contributed by atoms with Gasteiger partial charge in [-0.15, -0.1) is 5.10 Å². The van der Waals surface area contributed by atoms with E-state index in [4.69, 9.17) is 0 Å². The summed E-state index contributed by atoms with van der Waals surface area (Å²) in [4.78, 5) is 8.68. The molecule has 3 heterocycles. The second kappa shape index (κ2) is 3.83. The largest absolute Gasteiger partial charge is 0.316 e. The van der Waals surface area contributed by atoms with Gasteiger partial charge in [-0.25, -0.2) is 9.50 Å². The van der Waals surface area contributed by atoms with Crippen LogP contribution in [0.1, 0.15) is 30.7 Å². The molecule has 0 radical (unpaired) electrons. The van der Waals surface area contributed by atoms with Crippen LogP contribution in [0, 0.1) is 0 Å². The lowest BCUT2D eigenvalue weighted by molar-refractivity contribution is 0.741. The Balaban J connectivity index is 2.00. The van der Waals surface area contributed by atoms with Crippen LogP contribution in [-0.4, -0.2) is 32.7 Å². The van der Waals surface area contributed by atoms with Crippen LogP contribution in [0.25, 0.3) is 5.78 Å². The highest BCUT2D eigenvalue weighted by Gasteiger charge is 2.17. The van der Waals surface area contributed by atoms with Gasteiger partial charge in [0.15, 0.2) is 5.82 Å². The van der Waals surface area contributed by atoms with Crippen LogP contribution >= 0.6 is 0 Å². The maximum Gasteiger partial charge on any atom is 0.252 e. The topological polar surface area (TPSA) is 55.1 Å². The van der Waals surface area contributed by atoms with E-state index in [-0.39, 0.29) is 0 Å². The van der Waals surface area contributed by atoms with Crippen molar-refractivity contribution < 1.29 is 0 Å². The van der Waals surface area contributed by atoms with Gasteiger partial charge in [-0.1, -0.05) is 6.92 Å². The standard InChI is InChI=1S/C11H15N5/c1-2-10-14-11-13-6-9(7-16(11)15-10)8-3-4-12-5-8/h6-8,12H,2-5H2,1H3. The fourth-order valence-electron chi connectivity index (χ4n) is 2.14. The minimum absolute atomic E-state index is 0.575. The van der Waals surface area contributed by atoms with Gasteiger partial charge in [0.25, 0.3) is 5.78 Å². The zero-order valence-corrected chi connectivity index (χ0v) is 9.35. The average Bonchev–Trinajstić information content (AvgIpc) is 2.96. The molecule has 1 unspecified atom stereocenters. The van der Waals surface area contributed by atoms with Gasteiger partial charge in [-0.3, -0.25) is 0 Å². The van der Waals surface area contributed by atoms with E-state index in [1.54, 1.807) is 4.52 Å². The molecule has 0 aromatic carbocycles. The summed E-state index contributed by atoms with van der Waals surface area (Å²) in [5.41, 5.74) is 1.25. The number of aryl methyl sites for hydroxylation is 1. The molecule has 2 aromatic heterocycles. The highest BCUT2D eigenvalue weighted by molar-refractivity contribution is 5.29. The second-order valence-corrected chi connectivity index (χ2v) is 4.20. The summed E-state index contributed by atoms with van der Waals surface area (Å²) in [6.07, 6.45) is 6.03. The smallest absolute Gasteiger partial charge is 0.252 e. The minimum Gasteiger partial charge on any atom is -0.316 e. The molecule has 0 spiro atoms. The molecule has 0 bridgehead atoms. The van der Waals surface area contributed by atoms with E-state index in [0.717, 1.165) is 25.3 Å². The number of hydrogen-bond donors (Lipinski definition) is 1. The third kappa shape index (κ3) is 1.57. The molecule has 1 saturated heterocycles. The van der Waals surface area contributed by atoms with E-state index >= 15 is 0 Å². The summed E-state index contributed by atoms with van der Waals surface area (Å²) in [6, 6.07) is 0. The summed E-state index contributed by atoms with van der Waals surface area (Å²) in [5, 5.41) is 7.75. The van der Waals surface area contributed by atoms with Crippen LogP contribution in [0.2, 0.25) is 0 Å². The van der Waals surface area contributed by atoms with Gasteiger partial charge in [-0.2, -0.15) is 4.98 Å². The van der Waals surface area contributed by atoms with Gasteiger partial charge in [0.05, 0.1) is 0 Å². The first-order valence-electron chi connectivity index (χ1n) is 5.78. The predicted molar refractivity (Wildman–Crippen MR) is 60.4 cm³/mol. The summed E-state index contributed by atoms with van der Waals surface area (Å²) >= 11 is 0. The maximum atomic E-state index is 4.39. The lowest BCUT2D eigenvalue weighted by atomic mass is 10.0. The molecule has 5 nitrogen and oxygen atoms in total. The van der Waals surface area contributed by atoms with Crippen molar-refractivity contribution in [3.05, 3.63) is 23.8 Å². The Morgan fingerprint density at radius 1 is 1.56 bits per heavy atom. The molecule has 0 amide bonds. The monoisotopic (exact) mass is 217 g/mol. The Labute approximate surface area is 93.9 Å². The van der Waals surface area contributed by atoms with Crippen molar-refractivity contribution in [3.8, 4) is 0 Å². The first-order valence-corrected chi connectivity index (χ1v) is 5.78. The molecule has 0 aliphatic carbocycles. The molecule has 3 rings (SSSR count). The van der Waals surface area contributed by atoms with Gasteiger partial charge in [-0.05, 0) is 18.5 Å². The molecular weight excluding hydrogens is 202 g/mol. The molecule has 0 saturated carbocycles. The second-order valence-electron chi connectivity index (χ2n) is 4.20. The first-order chi connectivity index (χ1) is 7.86. The van der Waals surface area contributed by atoms with Crippen molar-refractivity contribution in [2.24, 2.45) is 0 Å². The van der Waals surface area contributed by atoms with Crippen LogP contribution in [0.5, 0.6) is 0 Å². The molecule has 5 heteroatoms. The lowest BCUT2D eigenvalue weighted by Crippen LogP contribution is -2.08. The van der Waals surface area contributed by atoms with E-state index in [2.05, 4.69) is 33.5 Å². The number of aromatic nitrogens is 4. The Morgan fingerprint density at radius 2 is 2.50 bits per heavy atom. The van der Waals surface area contributed by atoms with Gasteiger partial charge in [0.2, 0.25) is 0 Å². The average molecular weight is 217 g/mol. The van der Waals surface area contributed by atoms with Crippen molar-refractivity contribution in [2.45, 2.75) is 25.7 Å². The summed E-state index contributed by atoms with van der Waals surface area (Å²) in [6.45, 7) is 4.19. The van der Waals surface area contributed by atoms with Crippen LogP contribution in [0.4, 0.5) is 0 Å². The Morgan fingerprint density at radius 3 is 3.25 bits per heavy atom. The SMILES string of the molecule is CCc1nc2ncc(C3CCNC3)cn2n1. The number of fused-ring (bicyclic) bond motifs is 1. The summed E-state index contributed by atoms with van der Waals surface area (Å²) < 4.78 is 1.80. The Kier molecular flexibility index (Phi) is 2.32. The van der Waals surface area contributed by atoms with E-state index in [0.29, 0.717) is 11.7 Å². The highest BCUT2D eigenvalue weighted by atomic mass is 15.3. The van der Waals surface area contributed by atoms with Gasteiger partial charge in [0.1, 0.15) is 0 Å². The normalized spacial score (nSPS) is 20.7. The lowest BCUT2D eigenvalue weighted by Gasteiger charge is -2.07. The Bertz CT molecular complexity index is 498. The Hall–Kier alpha value is -1.49. The van der Waals surface area contributed by atoms with Crippen molar-refractivity contribution in [2.75, 3.05) is 13.1 Å². The van der Waals surface area contributed by atoms with E-state index in [9.17, 15) is 0 Å². The van der Waals surface area contributed by atoms with Gasteiger partial charge >= 0.3 is 0 Å². The van der Waals surface area contributed by atoms with Crippen molar-refractivity contribution in [1.29, 1.82) is 0 Å². The maximum absolute atomic E-state index is 4.39. The third-order valence-electron chi connectivity index (χ3n) is 3.11. The molecule has 16 heavy (non-hydrogen) atoms. The molecule has 1 N–H and O–H groups in total. The van der Waals surface area contributed by atoms with Crippen molar-refractivity contribution in [1.82, 2.24) is 24.9 Å². The quantitative estimate of drug-likeness (QED) is 0.807. The van der Waals surface area contributed by atoms with E-state index in [1.165, 1.54) is 12.0 Å². The fraction of sp³-hybridized carbons (Fsp3) is 0.545. The summed E-state index contributed by atoms with van der Waals surface area (Å²) in [5.74, 6) is 2.13. The van der Waals surface area contributed by atoms with E-state index < -0.39 is 0 Å². The molecule has 1 atom stereocenters. The first kappa shape index (κ1) is 9.72. The zero-order chi connectivity index (χ0) is 11.0. The van der Waals surface area contributed by atoms with E-state index in [1.807, 2.05) is 6.20 Å². The summed E-state index contributed by atoms with van der Waals surface area (Å²) in [7, 11) is 0. The fourth-order valence-corrected chi connectivity index (χ4v) is 2.14. The third-order valence-corrected chi connectivity index (χ3v) is 3.11. The molecule has 1 fully saturated rings. The van der Waals surface area contributed by atoms with Crippen LogP contribution in [0.15, 0.2) is 12.4 Å². The number of nitrogens with zero attached hydrogens (tertiary/aromatic N) is 4. The number of hydrogen-bond acceptors (Lipinski definition) is 4. The number of rotatable bonds is 2. The van der Waals surface area contributed by atoms with Gasteiger partial charge in [0, 0.05) is 31.3 Å². The van der Waals surface area contributed by atoms with Crippen LogP contribution in [-0.2, 0) is 6.42 Å². The molecular formula is C11H15N5. The van der Waals surface area contributed by atoms with Crippen molar-refractivity contribution >= 4 is 5.78 Å². The molecule has 1 aliphatic heterocycles. The molecule has 84 valence electrons. The van der Waals surface area contributed by atoms with Crippen LogP contribution in [0.3, 0.4) is 0 Å². The van der Waals surface area contributed by atoms with Crippen LogP contribution < -0.4 is 5.32 Å².